The predicted octanol–water partition coefficient (Wildman–Crippen LogP) is 4.03. The van der Waals surface area contributed by atoms with Crippen molar-refractivity contribution in [1.82, 2.24) is 9.97 Å². The molecule has 1 aromatic rings. The van der Waals surface area contributed by atoms with E-state index >= 15 is 0 Å². The van der Waals surface area contributed by atoms with E-state index in [1.54, 1.807) is 0 Å². The van der Waals surface area contributed by atoms with Crippen molar-refractivity contribution < 1.29 is 0 Å². The molecule has 16 heavy (non-hydrogen) atoms. The molecule has 1 aromatic heterocycles. The molecule has 2 rings (SSSR count). The highest BCUT2D eigenvalue weighted by Crippen LogP contribution is 2.34. The minimum atomic E-state index is 0.137. The van der Waals surface area contributed by atoms with Gasteiger partial charge in [-0.15, -0.1) is 0 Å². The second-order valence-electron chi connectivity index (χ2n) is 4.57. The number of aromatic nitrogens is 2. The predicted molar refractivity (Wildman–Crippen MR) is 69.9 cm³/mol. The van der Waals surface area contributed by atoms with Crippen LogP contribution in [0.2, 0.25) is 5.15 Å². The van der Waals surface area contributed by atoms with E-state index < -0.39 is 0 Å². The molecule has 1 fully saturated rings. The van der Waals surface area contributed by atoms with Gasteiger partial charge >= 0.3 is 0 Å². The summed E-state index contributed by atoms with van der Waals surface area (Å²) < 4.78 is 0.753. The highest BCUT2D eigenvalue weighted by Gasteiger charge is 2.27. The van der Waals surface area contributed by atoms with Gasteiger partial charge in [-0.25, -0.2) is 9.97 Å². The van der Waals surface area contributed by atoms with E-state index in [1.807, 2.05) is 0 Å². The summed E-state index contributed by atoms with van der Waals surface area (Å²) >= 11 is 9.35. The lowest BCUT2D eigenvalue weighted by molar-refractivity contribution is 0.348. The van der Waals surface area contributed by atoms with E-state index in [0.29, 0.717) is 5.15 Å². The molecule has 0 saturated heterocycles. The van der Waals surface area contributed by atoms with Crippen LogP contribution >= 0.6 is 27.5 Å². The highest BCUT2D eigenvalue weighted by atomic mass is 79.9. The third-order valence-corrected chi connectivity index (χ3v) is 4.39. The molecular weight excluding hydrogens is 289 g/mol. The molecule has 0 atom stereocenters. The van der Waals surface area contributed by atoms with E-state index in [4.69, 9.17) is 11.6 Å². The maximum atomic E-state index is 5.94. The van der Waals surface area contributed by atoms with Crippen LogP contribution in [-0.2, 0) is 0 Å². The van der Waals surface area contributed by atoms with Gasteiger partial charge in [-0.2, -0.15) is 0 Å². The molecule has 1 aliphatic rings. The van der Waals surface area contributed by atoms with Gasteiger partial charge in [0, 0.05) is 5.54 Å². The van der Waals surface area contributed by atoms with Crippen molar-refractivity contribution in [2.24, 2.45) is 0 Å². The lowest BCUT2D eigenvalue weighted by atomic mass is 9.83. The SMILES string of the molecule is CC1(Nc2ncnc(Cl)c2Br)CCCCC1. The Labute approximate surface area is 109 Å². The van der Waals surface area contributed by atoms with Crippen LogP contribution in [0.4, 0.5) is 5.82 Å². The maximum absolute atomic E-state index is 5.94. The van der Waals surface area contributed by atoms with E-state index in [-0.39, 0.29) is 5.54 Å². The zero-order valence-corrected chi connectivity index (χ0v) is 11.6. The Morgan fingerprint density at radius 1 is 1.31 bits per heavy atom. The largest absolute Gasteiger partial charge is 0.364 e. The van der Waals surface area contributed by atoms with Crippen LogP contribution in [-0.4, -0.2) is 15.5 Å². The first kappa shape index (κ1) is 12.1. The van der Waals surface area contributed by atoms with Crippen molar-refractivity contribution in [3.05, 3.63) is 16.0 Å². The van der Waals surface area contributed by atoms with Crippen LogP contribution in [0, 0.1) is 0 Å². The third kappa shape index (κ3) is 2.66. The van der Waals surface area contributed by atoms with Gasteiger partial charge in [0.1, 0.15) is 17.3 Å². The van der Waals surface area contributed by atoms with Gasteiger partial charge in [0.05, 0.1) is 4.47 Å². The van der Waals surface area contributed by atoms with Crippen molar-refractivity contribution in [2.45, 2.75) is 44.6 Å². The van der Waals surface area contributed by atoms with Crippen LogP contribution in [0.1, 0.15) is 39.0 Å². The Balaban J connectivity index is 2.16. The lowest BCUT2D eigenvalue weighted by Gasteiger charge is -2.35. The maximum Gasteiger partial charge on any atom is 0.148 e. The van der Waals surface area contributed by atoms with E-state index in [0.717, 1.165) is 10.3 Å². The van der Waals surface area contributed by atoms with Gasteiger partial charge < -0.3 is 5.32 Å². The second-order valence-corrected chi connectivity index (χ2v) is 5.72. The first-order valence-corrected chi connectivity index (χ1v) is 6.72. The summed E-state index contributed by atoms with van der Waals surface area (Å²) in [6.07, 6.45) is 7.74. The normalized spacial score (nSPS) is 19.4. The number of hydrogen-bond donors (Lipinski definition) is 1. The van der Waals surface area contributed by atoms with Gasteiger partial charge in [0.2, 0.25) is 0 Å². The van der Waals surface area contributed by atoms with Gasteiger partial charge in [0.15, 0.2) is 0 Å². The summed E-state index contributed by atoms with van der Waals surface area (Å²) in [5.74, 6) is 0.796. The molecule has 0 aliphatic heterocycles. The average molecular weight is 305 g/mol. The zero-order valence-electron chi connectivity index (χ0n) is 9.26. The van der Waals surface area contributed by atoms with E-state index in [1.165, 1.54) is 38.4 Å². The Hall–Kier alpha value is -0.350. The molecule has 0 amide bonds. The molecule has 0 bridgehead atoms. The van der Waals surface area contributed by atoms with Gasteiger partial charge in [-0.1, -0.05) is 30.9 Å². The summed E-state index contributed by atoms with van der Waals surface area (Å²) in [5.41, 5.74) is 0.137. The molecule has 1 saturated carbocycles. The Kier molecular flexibility index (Phi) is 3.70. The summed E-state index contributed by atoms with van der Waals surface area (Å²) in [6.45, 7) is 2.24. The number of nitrogens with one attached hydrogen (secondary N) is 1. The van der Waals surface area contributed by atoms with Crippen molar-refractivity contribution in [3.63, 3.8) is 0 Å². The minimum absolute atomic E-state index is 0.137. The van der Waals surface area contributed by atoms with Crippen LogP contribution in [0.15, 0.2) is 10.8 Å². The minimum Gasteiger partial charge on any atom is -0.364 e. The monoisotopic (exact) mass is 303 g/mol. The van der Waals surface area contributed by atoms with Gasteiger partial charge in [0.25, 0.3) is 0 Å². The standard InChI is InChI=1S/C11H15BrClN3/c1-11(5-3-2-4-6-11)16-10-8(12)9(13)14-7-15-10/h7H,2-6H2,1H3,(H,14,15,16). The molecule has 0 unspecified atom stereocenters. The number of hydrogen-bond acceptors (Lipinski definition) is 3. The number of rotatable bonds is 2. The molecule has 1 N–H and O–H groups in total. The first-order chi connectivity index (χ1) is 7.61. The van der Waals surface area contributed by atoms with E-state index in [2.05, 4.69) is 38.1 Å². The molecule has 0 spiro atoms. The van der Waals surface area contributed by atoms with E-state index in [9.17, 15) is 0 Å². The number of halogens is 2. The molecule has 5 heteroatoms. The first-order valence-electron chi connectivity index (χ1n) is 5.55. The lowest BCUT2D eigenvalue weighted by Crippen LogP contribution is -2.37. The van der Waals surface area contributed by atoms with Crippen molar-refractivity contribution in [3.8, 4) is 0 Å². The van der Waals surface area contributed by atoms with Gasteiger partial charge in [-0.05, 0) is 35.7 Å². The smallest absolute Gasteiger partial charge is 0.148 e. The summed E-state index contributed by atoms with van der Waals surface area (Å²) in [5, 5.41) is 3.94. The average Bonchev–Trinajstić information content (AvgIpc) is 2.26. The molecule has 1 aliphatic carbocycles. The molecule has 0 aromatic carbocycles. The fourth-order valence-corrected chi connectivity index (χ4v) is 2.62. The van der Waals surface area contributed by atoms with Crippen molar-refractivity contribution >= 4 is 33.3 Å². The summed E-state index contributed by atoms with van der Waals surface area (Å²) in [7, 11) is 0. The summed E-state index contributed by atoms with van der Waals surface area (Å²) in [4.78, 5) is 8.15. The highest BCUT2D eigenvalue weighted by molar-refractivity contribution is 9.10. The molecular formula is C11H15BrClN3. The molecule has 1 heterocycles. The Morgan fingerprint density at radius 3 is 2.69 bits per heavy atom. The van der Waals surface area contributed by atoms with Crippen LogP contribution in [0.5, 0.6) is 0 Å². The molecule has 3 nitrogen and oxygen atoms in total. The third-order valence-electron chi connectivity index (χ3n) is 3.12. The van der Waals surface area contributed by atoms with Gasteiger partial charge in [-0.3, -0.25) is 0 Å². The van der Waals surface area contributed by atoms with Crippen molar-refractivity contribution in [2.75, 3.05) is 5.32 Å². The fraction of sp³-hybridized carbons (Fsp3) is 0.636. The molecule has 0 radical (unpaired) electrons. The quantitative estimate of drug-likeness (QED) is 0.838. The number of nitrogens with zero attached hydrogens (tertiary/aromatic N) is 2. The van der Waals surface area contributed by atoms with Crippen LogP contribution in [0.3, 0.4) is 0 Å². The van der Waals surface area contributed by atoms with Crippen LogP contribution < -0.4 is 5.32 Å². The second kappa shape index (κ2) is 4.88. The molecule has 88 valence electrons. The Bertz CT molecular complexity index is 377. The summed E-state index contributed by atoms with van der Waals surface area (Å²) in [6, 6.07) is 0. The zero-order chi connectivity index (χ0) is 11.6. The topological polar surface area (TPSA) is 37.8 Å². The van der Waals surface area contributed by atoms with Crippen LogP contribution in [0.25, 0.3) is 0 Å². The number of anilines is 1. The Morgan fingerprint density at radius 2 is 2.00 bits per heavy atom. The fourth-order valence-electron chi connectivity index (χ4n) is 2.18. The van der Waals surface area contributed by atoms with Crippen molar-refractivity contribution in [1.29, 1.82) is 0 Å².